The van der Waals surface area contributed by atoms with Crippen LogP contribution in [-0.2, 0) is 6.54 Å². The van der Waals surface area contributed by atoms with Crippen LogP contribution in [0.5, 0.6) is 0 Å². The number of hydrogen-bond acceptors (Lipinski definition) is 4. The second-order valence-corrected chi connectivity index (χ2v) is 4.17. The van der Waals surface area contributed by atoms with Crippen molar-refractivity contribution in [3.05, 3.63) is 10.0 Å². The fraction of sp³-hybridized carbons (Fsp3) is 0.714. The summed E-state index contributed by atoms with van der Waals surface area (Å²) in [5, 5.41) is 7.76. The minimum atomic E-state index is -5.42. The molecule has 1 aromatic rings. The molecule has 10 heteroatoms. The molecule has 1 N–H and O–H groups in total. The van der Waals surface area contributed by atoms with Crippen molar-refractivity contribution in [2.45, 2.75) is 24.8 Å². The second kappa shape index (κ2) is 4.77. The topological polar surface area (TPSA) is 37.8 Å². The predicted octanol–water partition coefficient (Wildman–Crippen LogP) is 2.47. The molecule has 0 fully saturated rings. The van der Waals surface area contributed by atoms with Crippen molar-refractivity contribution in [3.63, 3.8) is 0 Å². The van der Waals surface area contributed by atoms with Gasteiger partial charge < -0.3 is 5.32 Å². The molecule has 0 spiro atoms. The molecule has 17 heavy (non-hydrogen) atoms. The first-order valence-corrected chi connectivity index (χ1v) is 5.08. The summed E-state index contributed by atoms with van der Waals surface area (Å²) in [5.74, 6) is -3.57. The predicted molar refractivity (Wildman–Crippen MR) is 47.5 cm³/mol. The van der Waals surface area contributed by atoms with Gasteiger partial charge in [0.1, 0.15) is 10.0 Å². The Hall–Kier alpha value is -0.900. The molecule has 3 nitrogen and oxygen atoms in total. The van der Waals surface area contributed by atoms with E-state index in [0.29, 0.717) is 11.3 Å². The van der Waals surface area contributed by atoms with Gasteiger partial charge in [-0.2, -0.15) is 26.3 Å². The second-order valence-electron chi connectivity index (χ2n) is 3.08. The fourth-order valence-electron chi connectivity index (χ4n) is 1.07. The lowest BCUT2D eigenvalue weighted by molar-refractivity contribution is -0.253. The maximum atomic E-state index is 12.3. The number of alkyl halides is 6. The molecule has 1 heterocycles. The number of rotatable bonds is 3. The molecule has 0 aliphatic heterocycles. The Bertz CT molecular complexity index is 356. The van der Waals surface area contributed by atoms with Gasteiger partial charge in [-0.3, -0.25) is 0 Å². The van der Waals surface area contributed by atoms with Gasteiger partial charge in [-0.05, 0) is 7.05 Å². The van der Waals surface area contributed by atoms with E-state index in [9.17, 15) is 26.3 Å². The lowest BCUT2D eigenvalue weighted by atomic mass is 10.1. The minimum Gasteiger partial charge on any atom is -0.313 e. The summed E-state index contributed by atoms with van der Waals surface area (Å²) in [7, 11) is 1.49. The standard InChI is InChI=1S/C7H7F6N3S/c1-14-2-3-15-16-5(17-3)4(6(8,9)10)7(11,12)13/h4,14H,2H2,1H3. The molecule has 1 rings (SSSR count). The van der Waals surface area contributed by atoms with E-state index >= 15 is 0 Å². The SMILES string of the molecule is CNCc1nnc(C(C(F)(F)F)C(F)(F)F)s1. The summed E-state index contributed by atoms with van der Waals surface area (Å²) in [6.45, 7) is 0.0695. The number of hydrogen-bond donors (Lipinski definition) is 1. The summed E-state index contributed by atoms with van der Waals surface area (Å²) in [4.78, 5) is 0. The summed E-state index contributed by atoms with van der Waals surface area (Å²) in [6.07, 6.45) is -10.8. The molecule has 0 atom stereocenters. The smallest absolute Gasteiger partial charge is 0.313 e. The van der Waals surface area contributed by atoms with Gasteiger partial charge in [0.2, 0.25) is 5.92 Å². The first kappa shape index (κ1) is 14.2. The first-order valence-electron chi connectivity index (χ1n) is 4.26. The van der Waals surface area contributed by atoms with E-state index in [4.69, 9.17) is 0 Å². The third kappa shape index (κ3) is 3.53. The van der Waals surface area contributed by atoms with Gasteiger partial charge in [-0.15, -0.1) is 10.2 Å². The highest BCUT2D eigenvalue weighted by Gasteiger charge is 2.59. The highest BCUT2D eigenvalue weighted by atomic mass is 32.1. The van der Waals surface area contributed by atoms with Crippen LogP contribution in [-0.4, -0.2) is 29.6 Å². The largest absolute Gasteiger partial charge is 0.406 e. The Morgan fingerprint density at radius 1 is 1.12 bits per heavy atom. The number of halogens is 6. The monoisotopic (exact) mass is 279 g/mol. The maximum Gasteiger partial charge on any atom is 0.406 e. The molecular weight excluding hydrogens is 272 g/mol. The van der Waals surface area contributed by atoms with Crippen molar-refractivity contribution >= 4 is 11.3 Å². The number of nitrogens with one attached hydrogen (secondary N) is 1. The van der Waals surface area contributed by atoms with Crippen LogP contribution in [0.15, 0.2) is 0 Å². The van der Waals surface area contributed by atoms with E-state index in [1.54, 1.807) is 0 Å². The molecule has 0 bridgehead atoms. The van der Waals surface area contributed by atoms with E-state index in [2.05, 4.69) is 15.5 Å². The molecule has 0 saturated carbocycles. The van der Waals surface area contributed by atoms with E-state index in [1.165, 1.54) is 7.05 Å². The highest BCUT2D eigenvalue weighted by Crippen LogP contribution is 2.46. The van der Waals surface area contributed by atoms with E-state index < -0.39 is 23.3 Å². The van der Waals surface area contributed by atoms with E-state index in [1.807, 2.05) is 0 Å². The Morgan fingerprint density at radius 3 is 2.06 bits per heavy atom. The average Bonchev–Trinajstić information content (AvgIpc) is 2.47. The Morgan fingerprint density at radius 2 is 1.65 bits per heavy atom. The highest BCUT2D eigenvalue weighted by molar-refractivity contribution is 7.11. The zero-order chi connectivity index (χ0) is 13.3. The lowest BCUT2D eigenvalue weighted by Crippen LogP contribution is -2.34. The lowest BCUT2D eigenvalue weighted by Gasteiger charge is -2.20. The van der Waals surface area contributed by atoms with Crippen molar-refractivity contribution in [3.8, 4) is 0 Å². The van der Waals surface area contributed by atoms with Gasteiger partial charge in [0.05, 0.1) is 0 Å². The zero-order valence-corrected chi connectivity index (χ0v) is 9.17. The van der Waals surface area contributed by atoms with Gasteiger partial charge in [-0.1, -0.05) is 11.3 Å². The van der Waals surface area contributed by atoms with Crippen molar-refractivity contribution in [1.82, 2.24) is 15.5 Å². The quantitative estimate of drug-likeness (QED) is 0.864. The van der Waals surface area contributed by atoms with Crippen LogP contribution in [0.3, 0.4) is 0 Å². The zero-order valence-electron chi connectivity index (χ0n) is 8.35. The Kier molecular flexibility index (Phi) is 3.97. The molecular formula is C7H7F6N3S. The van der Waals surface area contributed by atoms with Crippen LogP contribution >= 0.6 is 11.3 Å². The fourth-order valence-corrected chi connectivity index (χ4v) is 2.08. The van der Waals surface area contributed by atoms with E-state index in [0.717, 1.165) is 0 Å². The van der Waals surface area contributed by atoms with Crippen LogP contribution in [0.4, 0.5) is 26.3 Å². The molecule has 0 aliphatic carbocycles. The van der Waals surface area contributed by atoms with Gasteiger partial charge >= 0.3 is 12.4 Å². The van der Waals surface area contributed by atoms with Crippen molar-refractivity contribution in [2.24, 2.45) is 0 Å². The molecule has 1 aromatic heterocycles. The Labute approximate surface area is 95.8 Å². The Balaban J connectivity index is 3.06. The van der Waals surface area contributed by atoms with Gasteiger partial charge in [0.25, 0.3) is 0 Å². The maximum absolute atomic E-state index is 12.3. The molecule has 98 valence electrons. The number of nitrogens with zero attached hydrogens (tertiary/aromatic N) is 2. The summed E-state index contributed by atoms with van der Waals surface area (Å²) in [6, 6.07) is 0. The molecule has 0 radical (unpaired) electrons. The molecule has 0 amide bonds. The normalized spacial score (nSPS) is 13.4. The average molecular weight is 279 g/mol. The summed E-state index contributed by atoms with van der Waals surface area (Å²) < 4.78 is 73.8. The first-order chi connectivity index (χ1) is 7.66. The van der Waals surface area contributed by atoms with Crippen LogP contribution in [0.25, 0.3) is 0 Å². The van der Waals surface area contributed by atoms with Crippen LogP contribution in [0, 0.1) is 0 Å². The van der Waals surface area contributed by atoms with Crippen molar-refractivity contribution < 1.29 is 26.3 Å². The molecule has 0 aliphatic rings. The summed E-state index contributed by atoms with van der Waals surface area (Å²) >= 11 is 0.295. The third-order valence-corrected chi connectivity index (χ3v) is 2.70. The van der Waals surface area contributed by atoms with Crippen LogP contribution in [0.1, 0.15) is 15.9 Å². The molecule has 0 unspecified atom stereocenters. The minimum absolute atomic E-state index is 0.0695. The van der Waals surface area contributed by atoms with Crippen LogP contribution < -0.4 is 5.32 Å². The molecule has 0 saturated heterocycles. The van der Waals surface area contributed by atoms with Gasteiger partial charge in [-0.25, -0.2) is 0 Å². The number of aromatic nitrogens is 2. The van der Waals surface area contributed by atoms with Crippen LogP contribution in [0.2, 0.25) is 0 Å². The van der Waals surface area contributed by atoms with E-state index in [-0.39, 0.29) is 11.6 Å². The third-order valence-electron chi connectivity index (χ3n) is 1.71. The van der Waals surface area contributed by atoms with Crippen molar-refractivity contribution in [2.75, 3.05) is 7.05 Å². The van der Waals surface area contributed by atoms with Crippen molar-refractivity contribution in [1.29, 1.82) is 0 Å². The summed E-state index contributed by atoms with van der Waals surface area (Å²) in [5.41, 5.74) is 0. The van der Waals surface area contributed by atoms with Gasteiger partial charge in [0.15, 0.2) is 0 Å². The van der Waals surface area contributed by atoms with Gasteiger partial charge in [0, 0.05) is 6.54 Å². The molecule has 0 aromatic carbocycles.